The molecule has 2 aliphatic rings. The van der Waals surface area contributed by atoms with Crippen molar-refractivity contribution >= 4 is 22.0 Å². The maximum Gasteiger partial charge on any atom is 0.435 e. The number of nitrogens with zero attached hydrogens (tertiary/aromatic N) is 1. The molecule has 9 nitrogen and oxygen atoms in total. The second-order valence-electron chi connectivity index (χ2n) is 8.19. The van der Waals surface area contributed by atoms with Crippen molar-refractivity contribution in [2.45, 2.75) is 56.5 Å². The van der Waals surface area contributed by atoms with E-state index in [0.29, 0.717) is 0 Å². The fraction of sp³-hybridized carbons (Fsp3) is 0.600. The topological polar surface area (TPSA) is 114 Å². The predicted octanol–water partition coefficient (Wildman–Crippen LogP) is 2.42. The van der Waals surface area contributed by atoms with Gasteiger partial charge in [0.05, 0.1) is 5.75 Å². The lowest BCUT2D eigenvalue weighted by Crippen LogP contribution is -2.55. The van der Waals surface area contributed by atoms with E-state index in [-0.39, 0.29) is 38.1 Å². The Kier molecular flexibility index (Phi) is 7.79. The Morgan fingerprint density at radius 2 is 1.69 bits per heavy atom. The van der Waals surface area contributed by atoms with E-state index in [9.17, 15) is 40.0 Å². The summed E-state index contributed by atoms with van der Waals surface area (Å²) in [4.78, 5) is 23.6. The molecule has 0 bridgehead atoms. The largest absolute Gasteiger partial charge is 0.490 e. The number of hydrogen-bond donors (Lipinski definition) is 2. The molecule has 0 aromatic heterocycles. The Balaban J connectivity index is 1.54. The molecule has 2 aliphatic heterocycles. The van der Waals surface area contributed by atoms with Crippen molar-refractivity contribution in [3.63, 3.8) is 0 Å². The Morgan fingerprint density at radius 1 is 1.11 bits per heavy atom. The number of benzene rings is 1. The lowest BCUT2D eigenvalue weighted by atomic mass is 10.00. The first-order valence-electron chi connectivity index (χ1n) is 10.7. The summed E-state index contributed by atoms with van der Waals surface area (Å²) in [5.74, 6) is -1.60. The number of hydrogen-bond acceptors (Lipinski definition) is 6. The average molecular weight is 529 g/mol. The van der Waals surface area contributed by atoms with Gasteiger partial charge in [0.1, 0.15) is 23.1 Å². The molecule has 15 heteroatoms. The van der Waals surface area contributed by atoms with Crippen LogP contribution < -0.4 is 20.1 Å². The molecule has 0 spiro atoms. The minimum absolute atomic E-state index is 0.0846. The van der Waals surface area contributed by atoms with Gasteiger partial charge in [-0.25, -0.2) is 30.7 Å². The number of carbonyl (C=O) groups excluding carboxylic acids is 2. The molecule has 1 unspecified atom stereocenters. The third-order valence-electron chi connectivity index (χ3n) is 5.76. The van der Waals surface area contributed by atoms with E-state index < -0.39 is 63.8 Å². The quantitative estimate of drug-likeness (QED) is 0.356. The minimum Gasteiger partial charge on any atom is -0.490 e. The molecular formula is C20H24F5N3O6S. The van der Waals surface area contributed by atoms with Crippen LogP contribution in [0.25, 0.3) is 0 Å². The number of carbonyl (C=O) groups is 2. The number of alkyl halides is 5. The number of ether oxygens (including phenoxy) is 2. The van der Waals surface area contributed by atoms with E-state index in [0.717, 1.165) is 12.1 Å². The molecule has 1 aromatic carbocycles. The molecule has 2 saturated heterocycles. The van der Waals surface area contributed by atoms with Crippen molar-refractivity contribution in [2.24, 2.45) is 0 Å². The monoisotopic (exact) mass is 529 g/mol. The first kappa shape index (κ1) is 26.9. The van der Waals surface area contributed by atoms with Gasteiger partial charge in [0, 0.05) is 13.1 Å². The third kappa shape index (κ3) is 6.12. The summed E-state index contributed by atoms with van der Waals surface area (Å²) in [6.07, 6.45) is -12.2. The van der Waals surface area contributed by atoms with E-state index in [1.54, 1.807) is 6.92 Å². The maximum absolute atomic E-state index is 13.4. The van der Waals surface area contributed by atoms with Crippen LogP contribution in [-0.2, 0) is 14.8 Å². The molecular weight excluding hydrogens is 505 g/mol. The summed E-state index contributed by atoms with van der Waals surface area (Å²) in [5.41, 5.74) is -1.54. The van der Waals surface area contributed by atoms with E-state index in [1.165, 1.54) is 16.4 Å². The van der Waals surface area contributed by atoms with Crippen LogP contribution in [0.4, 0.5) is 26.7 Å². The number of nitrogens with one attached hydrogen (secondary N) is 2. The predicted molar refractivity (Wildman–Crippen MR) is 112 cm³/mol. The van der Waals surface area contributed by atoms with Crippen LogP contribution in [0.15, 0.2) is 24.3 Å². The van der Waals surface area contributed by atoms with E-state index >= 15 is 0 Å². The van der Waals surface area contributed by atoms with Gasteiger partial charge in [-0.2, -0.15) is 8.78 Å². The lowest BCUT2D eigenvalue weighted by Gasteiger charge is -2.34. The second-order valence-corrected chi connectivity index (χ2v) is 10.2. The van der Waals surface area contributed by atoms with Crippen molar-refractivity contribution in [3.8, 4) is 11.5 Å². The number of amides is 3. The summed E-state index contributed by atoms with van der Waals surface area (Å²) in [7, 11) is -3.90. The van der Waals surface area contributed by atoms with Crippen molar-refractivity contribution in [1.29, 1.82) is 0 Å². The molecule has 2 N–H and O–H groups in total. The molecule has 3 rings (SSSR count). The molecule has 1 aromatic rings. The first-order chi connectivity index (χ1) is 16.3. The van der Waals surface area contributed by atoms with Crippen molar-refractivity contribution < 1.29 is 49.4 Å². The van der Waals surface area contributed by atoms with E-state index in [4.69, 9.17) is 4.74 Å². The smallest absolute Gasteiger partial charge is 0.435 e. The zero-order valence-corrected chi connectivity index (χ0v) is 19.3. The Morgan fingerprint density at radius 3 is 2.17 bits per heavy atom. The van der Waals surface area contributed by atoms with Crippen molar-refractivity contribution in [2.75, 3.05) is 18.8 Å². The van der Waals surface area contributed by atoms with E-state index in [2.05, 4.69) is 15.4 Å². The molecule has 0 aliphatic carbocycles. The number of urea groups is 1. The van der Waals surface area contributed by atoms with Crippen LogP contribution in [0.5, 0.6) is 11.5 Å². The van der Waals surface area contributed by atoms with Crippen LogP contribution in [0.1, 0.15) is 26.2 Å². The Labute approximate surface area is 198 Å². The molecule has 196 valence electrons. The Hall–Kier alpha value is -2.68. The lowest BCUT2D eigenvalue weighted by molar-refractivity contribution is -0.244. The number of piperidine rings is 1. The van der Waals surface area contributed by atoms with Gasteiger partial charge in [-0.1, -0.05) is 6.92 Å². The molecule has 0 saturated carbocycles. The molecule has 2 fully saturated rings. The molecule has 0 radical (unpaired) electrons. The van der Waals surface area contributed by atoms with Crippen molar-refractivity contribution in [1.82, 2.24) is 14.9 Å². The van der Waals surface area contributed by atoms with Crippen molar-refractivity contribution in [3.05, 3.63) is 24.3 Å². The average Bonchev–Trinajstić information content (AvgIpc) is 3.07. The summed E-state index contributed by atoms with van der Waals surface area (Å²) >= 11 is 0. The van der Waals surface area contributed by atoms with Gasteiger partial charge in [-0.3, -0.25) is 10.1 Å². The number of sulfonamides is 1. The van der Waals surface area contributed by atoms with Gasteiger partial charge < -0.3 is 14.8 Å². The number of halogens is 5. The highest BCUT2D eigenvalue weighted by Gasteiger charge is 2.50. The minimum atomic E-state index is -4.72. The Bertz CT molecular complexity index is 1030. The highest BCUT2D eigenvalue weighted by Crippen LogP contribution is 2.31. The van der Waals surface area contributed by atoms with E-state index in [1.807, 2.05) is 0 Å². The van der Waals surface area contributed by atoms with Crippen LogP contribution in [0.2, 0.25) is 0 Å². The zero-order valence-electron chi connectivity index (χ0n) is 18.5. The normalized spacial score (nSPS) is 23.2. The third-order valence-corrected chi connectivity index (χ3v) is 7.77. The van der Waals surface area contributed by atoms with Gasteiger partial charge >= 0.3 is 12.1 Å². The fourth-order valence-electron chi connectivity index (χ4n) is 3.75. The van der Waals surface area contributed by atoms with Crippen LogP contribution >= 0.6 is 0 Å². The summed E-state index contributed by atoms with van der Waals surface area (Å²) in [6, 6.07) is 3.73. The van der Waals surface area contributed by atoms with Gasteiger partial charge in [0.2, 0.25) is 10.0 Å². The summed E-state index contributed by atoms with van der Waals surface area (Å²) < 4.78 is 101. The van der Waals surface area contributed by atoms with Crippen LogP contribution in [-0.4, -0.2) is 73.9 Å². The van der Waals surface area contributed by atoms with Gasteiger partial charge in [0.25, 0.3) is 18.5 Å². The second kappa shape index (κ2) is 10.1. The SMILES string of the molecule is CC[C@]1(CS(=O)(=O)N2CCC(Oc3ccc(OC(F)(F)C(F)C(F)F)cc3)CC2)NC(=O)NC1=O. The highest BCUT2D eigenvalue weighted by molar-refractivity contribution is 7.89. The fourth-order valence-corrected chi connectivity index (χ4v) is 5.73. The molecule has 2 heterocycles. The zero-order chi connectivity index (χ0) is 26.0. The summed E-state index contributed by atoms with van der Waals surface area (Å²) in [6.45, 7) is 1.76. The molecule has 3 amide bonds. The maximum atomic E-state index is 13.4. The summed E-state index contributed by atoms with van der Waals surface area (Å²) in [5, 5.41) is 4.44. The highest BCUT2D eigenvalue weighted by atomic mass is 32.2. The molecule has 35 heavy (non-hydrogen) atoms. The standard InChI is InChI=1S/C20H24F5N3O6S/c1-2-19(17(29)26-18(30)27-19)11-35(31,32)28-9-7-13(8-10-28)33-12-3-5-14(6-4-12)34-20(24,25)15(21)16(22)23/h3-6,13,15-16H,2,7-11H2,1H3,(H2,26,27,29,30)/t15?,19-/m1/s1. The van der Waals surface area contributed by atoms with Gasteiger partial charge in [-0.05, 0) is 43.5 Å². The first-order valence-corrected chi connectivity index (χ1v) is 12.3. The molecule has 2 atom stereocenters. The van der Waals surface area contributed by atoms with Crippen LogP contribution in [0.3, 0.4) is 0 Å². The number of rotatable bonds is 10. The van der Waals surface area contributed by atoms with Crippen LogP contribution in [0, 0.1) is 0 Å². The van der Waals surface area contributed by atoms with Gasteiger partial charge in [-0.15, -0.1) is 0 Å². The van der Waals surface area contributed by atoms with Gasteiger partial charge in [0.15, 0.2) is 0 Å². The number of imide groups is 1.